The fourth-order valence-electron chi connectivity index (χ4n) is 0.854. The molecular weight excluding hydrogens is 296 g/mol. The molecule has 1 rings (SSSR count). The molecule has 86 valence electrons. The van der Waals surface area contributed by atoms with Gasteiger partial charge in [-0.05, 0) is 43.6 Å². The van der Waals surface area contributed by atoms with Crippen LogP contribution in [-0.4, -0.2) is 14.3 Å². The lowest BCUT2D eigenvalue weighted by atomic mass is 10.3. The zero-order valence-electron chi connectivity index (χ0n) is 9.20. The molecule has 6 heteroatoms. The maximum absolute atomic E-state index is 11.8. The summed E-state index contributed by atoms with van der Waals surface area (Å²) in [4.78, 5) is 4.28. The van der Waals surface area contributed by atoms with Gasteiger partial charge < -0.3 is 4.55 Å². The summed E-state index contributed by atoms with van der Waals surface area (Å²) in [5.74, 6) is 0. The quantitative estimate of drug-likeness (QED) is 0.873. The van der Waals surface area contributed by atoms with E-state index in [9.17, 15) is 4.55 Å². The maximum atomic E-state index is 11.8. The normalized spacial score (nSPS) is 16.4. The lowest BCUT2D eigenvalue weighted by Gasteiger charge is -2.25. The van der Waals surface area contributed by atoms with Crippen molar-refractivity contribution in [1.29, 1.82) is 0 Å². The Morgan fingerprint density at radius 1 is 1.60 bits per heavy atom. The summed E-state index contributed by atoms with van der Waals surface area (Å²) in [6.07, 6.45) is 0. The molecule has 15 heavy (non-hydrogen) atoms. The molecule has 0 fully saturated rings. The van der Waals surface area contributed by atoms with Crippen LogP contribution in [0.15, 0.2) is 9.98 Å². The van der Waals surface area contributed by atoms with Crippen LogP contribution in [0.4, 0.5) is 0 Å². The molecule has 0 radical (unpaired) electrons. The summed E-state index contributed by atoms with van der Waals surface area (Å²) >= 11 is 3.80. The number of nitrogens with zero attached hydrogens (tertiary/aromatic N) is 1. The molecule has 1 heterocycles. The first-order valence-corrected chi connectivity index (χ1v) is 7.42. The Kier molecular flexibility index (Phi) is 4.61. The molecule has 0 aliphatic rings. The molecule has 1 aromatic rings. The van der Waals surface area contributed by atoms with Crippen LogP contribution in [0.25, 0.3) is 0 Å². The van der Waals surface area contributed by atoms with Crippen LogP contribution < -0.4 is 4.72 Å². The minimum Gasteiger partial charge on any atom is -0.598 e. The van der Waals surface area contributed by atoms with Gasteiger partial charge in [-0.1, -0.05) is 0 Å². The number of aromatic nitrogens is 1. The van der Waals surface area contributed by atoms with E-state index < -0.39 is 11.4 Å². The fraction of sp³-hybridized carbons (Fsp3) is 0.667. The SMILES string of the molecule is CC(N[S+]([O-])C(C)(C)C)c1nc(Br)cs1. The third-order valence-corrected chi connectivity index (χ3v) is 5.12. The van der Waals surface area contributed by atoms with E-state index in [1.807, 2.05) is 33.1 Å². The van der Waals surface area contributed by atoms with E-state index in [0.717, 1.165) is 9.61 Å². The van der Waals surface area contributed by atoms with Crippen LogP contribution in [0.5, 0.6) is 0 Å². The number of nitrogens with one attached hydrogen (secondary N) is 1. The number of halogens is 1. The maximum Gasteiger partial charge on any atom is 0.136 e. The van der Waals surface area contributed by atoms with Gasteiger partial charge in [-0.3, -0.25) is 0 Å². The Hall–Kier alpha value is 0.380. The van der Waals surface area contributed by atoms with Crippen molar-refractivity contribution < 1.29 is 4.55 Å². The molecule has 0 amide bonds. The minimum atomic E-state index is -1.06. The Bertz CT molecular complexity index is 324. The molecule has 0 aromatic carbocycles. The summed E-state index contributed by atoms with van der Waals surface area (Å²) in [6.45, 7) is 7.80. The lowest BCUT2D eigenvalue weighted by Crippen LogP contribution is -2.40. The smallest absolute Gasteiger partial charge is 0.136 e. The molecule has 2 atom stereocenters. The Morgan fingerprint density at radius 2 is 2.20 bits per heavy atom. The molecule has 3 nitrogen and oxygen atoms in total. The highest BCUT2D eigenvalue weighted by Crippen LogP contribution is 2.23. The number of thiazole rings is 1. The molecule has 2 unspecified atom stereocenters. The van der Waals surface area contributed by atoms with Crippen molar-refractivity contribution >= 4 is 38.6 Å². The third kappa shape index (κ3) is 4.03. The highest BCUT2D eigenvalue weighted by Gasteiger charge is 2.29. The van der Waals surface area contributed by atoms with Crippen LogP contribution in [0, 0.1) is 0 Å². The second-order valence-corrected chi connectivity index (χ2v) is 7.93. The molecule has 0 aliphatic carbocycles. The molecule has 1 N–H and O–H groups in total. The molecule has 0 saturated carbocycles. The largest absolute Gasteiger partial charge is 0.598 e. The zero-order valence-corrected chi connectivity index (χ0v) is 12.4. The molecule has 0 bridgehead atoms. The average molecular weight is 311 g/mol. The molecule has 0 aliphatic heterocycles. The van der Waals surface area contributed by atoms with Crippen LogP contribution in [0.2, 0.25) is 0 Å². The number of rotatable bonds is 3. The molecule has 0 saturated heterocycles. The van der Waals surface area contributed by atoms with E-state index >= 15 is 0 Å². The average Bonchev–Trinajstić information content (AvgIpc) is 2.50. The van der Waals surface area contributed by atoms with Gasteiger partial charge in [0, 0.05) is 16.7 Å². The van der Waals surface area contributed by atoms with Crippen molar-refractivity contribution in [2.24, 2.45) is 0 Å². The van der Waals surface area contributed by atoms with Crippen molar-refractivity contribution in [3.63, 3.8) is 0 Å². The van der Waals surface area contributed by atoms with E-state index in [2.05, 4.69) is 25.6 Å². The Balaban J connectivity index is 2.60. The highest BCUT2D eigenvalue weighted by molar-refractivity contribution is 9.10. The molecule has 1 aromatic heterocycles. The summed E-state index contributed by atoms with van der Waals surface area (Å²) in [5.41, 5.74) is 0. The van der Waals surface area contributed by atoms with Gasteiger partial charge in [0.1, 0.15) is 20.4 Å². The topological polar surface area (TPSA) is 48.0 Å². The first-order valence-electron chi connectivity index (χ1n) is 4.59. The standard InChI is InChI=1S/C9H15BrN2OS2/c1-6(8-11-7(10)5-14-8)12-15(13)9(2,3)4/h5-6,12H,1-4H3. The first kappa shape index (κ1) is 13.4. The van der Waals surface area contributed by atoms with Crippen LogP contribution >= 0.6 is 27.3 Å². The monoisotopic (exact) mass is 310 g/mol. The summed E-state index contributed by atoms with van der Waals surface area (Å²) in [7, 11) is 0. The summed E-state index contributed by atoms with van der Waals surface area (Å²) < 4.78 is 15.5. The minimum absolute atomic E-state index is 0.0151. The fourth-order valence-corrected chi connectivity index (χ4v) is 2.99. The predicted octanol–water partition coefficient (Wildman–Crippen LogP) is 3.02. The van der Waals surface area contributed by atoms with Gasteiger partial charge in [0.15, 0.2) is 0 Å². The Labute approximate surface area is 106 Å². The second kappa shape index (κ2) is 5.14. The van der Waals surface area contributed by atoms with Crippen molar-refractivity contribution in [2.45, 2.75) is 38.5 Å². The van der Waals surface area contributed by atoms with Crippen molar-refractivity contribution in [1.82, 2.24) is 9.71 Å². The van der Waals surface area contributed by atoms with E-state index in [1.54, 1.807) is 11.3 Å². The van der Waals surface area contributed by atoms with Gasteiger partial charge in [0.2, 0.25) is 0 Å². The van der Waals surface area contributed by atoms with Gasteiger partial charge in [-0.25, -0.2) is 4.98 Å². The van der Waals surface area contributed by atoms with Crippen LogP contribution in [0.3, 0.4) is 0 Å². The van der Waals surface area contributed by atoms with Gasteiger partial charge in [0.05, 0.1) is 0 Å². The van der Waals surface area contributed by atoms with Crippen molar-refractivity contribution in [2.75, 3.05) is 0 Å². The molecular formula is C9H15BrN2OS2. The number of hydrogen-bond donors (Lipinski definition) is 1. The van der Waals surface area contributed by atoms with Crippen LogP contribution in [0.1, 0.15) is 38.7 Å². The second-order valence-electron chi connectivity index (χ2n) is 4.23. The summed E-state index contributed by atoms with van der Waals surface area (Å²) in [6, 6.07) is 0.0151. The van der Waals surface area contributed by atoms with E-state index in [0.29, 0.717) is 0 Å². The van der Waals surface area contributed by atoms with E-state index in [4.69, 9.17) is 0 Å². The number of hydrogen-bond acceptors (Lipinski definition) is 4. The van der Waals surface area contributed by atoms with Gasteiger partial charge in [-0.2, -0.15) is 0 Å². The zero-order chi connectivity index (χ0) is 11.6. The molecule has 0 spiro atoms. The van der Waals surface area contributed by atoms with Crippen molar-refractivity contribution in [3.8, 4) is 0 Å². The van der Waals surface area contributed by atoms with Gasteiger partial charge in [-0.15, -0.1) is 16.1 Å². The lowest BCUT2D eigenvalue weighted by molar-refractivity contribution is 0.531. The third-order valence-electron chi connectivity index (χ3n) is 1.70. The van der Waals surface area contributed by atoms with Gasteiger partial charge in [0.25, 0.3) is 0 Å². The first-order chi connectivity index (χ1) is 6.80. The highest BCUT2D eigenvalue weighted by atomic mass is 79.9. The predicted molar refractivity (Wildman–Crippen MR) is 69.3 cm³/mol. The van der Waals surface area contributed by atoms with E-state index in [-0.39, 0.29) is 10.8 Å². The Morgan fingerprint density at radius 3 is 2.60 bits per heavy atom. The summed E-state index contributed by atoms with van der Waals surface area (Å²) in [5, 5.41) is 2.87. The van der Waals surface area contributed by atoms with Gasteiger partial charge >= 0.3 is 0 Å². The van der Waals surface area contributed by atoms with E-state index in [1.165, 1.54) is 0 Å². The van der Waals surface area contributed by atoms with Crippen molar-refractivity contribution in [3.05, 3.63) is 15.0 Å². The van der Waals surface area contributed by atoms with Crippen LogP contribution in [-0.2, 0) is 11.4 Å².